The molecule has 0 bridgehead atoms. The van der Waals surface area contributed by atoms with Gasteiger partial charge >= 0.3 is 0 Å². The molecule has 2 heteroatoms. The van der Waals surface area contributed by atoms with Gasteiger partial charge in [-0.05, 0) is 55.3 Å². The van der Waals surface area contributed by atoms with Crippen LogP contribution < -0.4 is 0 Å². The van der Waals surface area contributed by atoms with Crippen molar-refractivity contribution < 1.29 is 4.39 Å². The fourth-order valence-corrected chi connectivity index (χ4v) is 3.91. The number of alkyl halides is 1. The van der Waals surface area contributed by atoms with Gasteiger partial charge in [-0.1, -0.05) is 68.4 Å². The molecule has 0 saturated heterocycles. The molecule has 3 atom stereocenters. The Morgan fingerprint density at radius 1 is 1.00 bits per heavy atom. The lowest BCUT2D eigenvalue weighted by atomic mass is 9.99. The van der Waals surface area contributed by atoms with E-state index in [9.17, 15) is 4.39 Å². The van der Waals surface area contributed by atoms with E-state index in [-0.39, 0.29) is 5.92 Å². The topological polar surface area (TPSA) is 3.24 Å². The van der Waals surface area contributed by atoms with Crippen LogP contribution in [0.2, 0.25) is 0 Å². The average molecular weight is 354 g/mol. The SMILES string of the molecule is CCCN(Cc1ccccc1)C(CC)CCc1ccc(C2CC2F)cc1. The summed E-state index contributed by atoms with van der Waals surface area (Å²) in [6, 6.07) is 20.1. The largest absolute Gasteiger partial charge is 0.296 e. The minimum absolute atomic E-state index is 0.165. The highest BCUT2D eigenvalue weighted by molar-refractivity contribution is 5.30. The molecule has 2 aromatic rings. The summed E-state index contributed by atoms with van der Waals surface area (Å²) in [5, 5.41) is 0. The van der Waals surface area contributed by atoms with Crippen molar-refractivity contribution in [1.29, 1.82) is 0 Å². The molecule has 0 N–H and O–H groups in total. The number of nitrogens with zero attached hydrogens (tertiary/aromatic N) is 1. The molecule has 140 valence electrons. The summed E-state index contributed by atoms with van der Waals surface area (Å²) in [5.74, 6) is 0.165. The van der Waals surface area contributed by atoms with Gasteiger partial charge in [0.15, 0.2) is 0 Å². The number of hydrogen-bond acceptors (Lipinski definition) is 1. The minimum atomic E-state index is -0.606. The number of rotatable bonds is 10. The maximum Gasteiger partial charge on any atom is 0.108 e. The molecule has 0 heterocycles. The van der Waals surface area contributed by atoms with Crippen LogP contribution in [0.25, 0.3) is 0 Å². The first-order valence-corrected chi connectivity index (χ1v) is 10.2. The second-order valence-corrected chi connectivity index (χ2v) is 7.66. The van der Waals surface area contributed by atoms with Crippen LogP contribution in [0.3, 0.4) is 0 Å². The summed E-state index contributed by atoms with van der Waals surface area (Å²) in [7, 11) is 0. The molecule has 26 heavy (non-hydrogen) atoms. The second-order valence-electron chi connectivity index (χ2n) is 7.66. The van der Waals surface area contributed by atoms with Gasteiger partial charge in [-0.25, -0.2) is 4.39 Å². The molecule has 0 spiro atoms. The van der Waals surface area contributed by atoms with Crippen LogP contribution in [0.1, 0.15) is 62.1 Å². The monoisotopic (exact) mass is 353 g/mol. The van der Waals surface area contributed by atoms with Crippen molar-refractivity contribution in [3.63, 3.8) is 0 Å². The lowest BCUT2D eigenvalue weighted by Crippen LogP contribution is -2.35. The Kier molecular flexibility index (Phi) is 6.85. The maximum absolute atomic E-state index is 13.2. The zero-order valence-electron chi connectivity index (χ0n) is 16.2. The van der Waals surface area contributed by atoms with Crippen molar-refractivity contribution in [2.75, 3.05) is 6.54 Å². The molecule has 1 aliphatic rings. The van der Waals surface area contributed by atoms with Crippen molar-refractivity contribution in [3.8, 4) is 0 Å². The summed E-state index contributed by atoms with van der Waals surface area (Å²) in [6.45, 7) is 6.74. The minimum Gasteiger partial charge on any atom is -0.296 e. The van der Waals surface area contributed by atoms with E-state index in [4.69, 9.17) is 0 Å². The Hall–Kier alpha value is -1.67. The third-order valence-electron chi connectivity index (χ3n) is 5.61. The van der Waals surface area contributed by atoms with Crippen molar-refractivity contribution in [3.05, 3.63) is 71.3 Å². The molecule has 0 aromatic heterocycles. The number of halogens is 1. The van der Waals surface area contributed by atoms with Gasteiger partial charge in [-0.15, -0.1) is 0 Å². The van der Waals surface area contributed by atoms with E-state index in [1.807, 2.05) is 0 Å². The van der Waals surface area contributed by atoms with Crippen LogP contribution in [-0.2, 0) is 13.0 Å². The summed E-state index contributed by atoms with van der Waals surface area (Å²) in [6.07, 6.45) is 4.74. The van der Waals surface area contributed by atoms with Crippen LogP contribution in [0.15, 0.2) is 54.6 Å². The molecule has 0 radical (unpaired) electrons. The Bertz CT molecular complexity index is 652. The predicted octanol–water partition coefficient (Wildman–Crippen LogP) is 6.14. The number of benzene rings is 2. The molecule has 2 aromatic carbocycles. The molecule has 1 aliphatic carbocycles. The zero-order valence-corrected chi connectivity index (χ0v) is 16.2. The van der Waals surface area contributed by atoms with Gasteiger partial charge in [-0.2, -0.15) is 0 Å². The fourth-order valence-electron chi connectivity index (χ4n) is 3.91. The van der Waals surface area contributed by atoms with Crippen LogP contribution in [0, 0.1) is 0 Å². The first-order chi connectivity index (χ1) is 12.7. The highest BCUT2D eigenvalue weighted by Crippen LogP contribution is 2.43. The van der Waals surface area contributed by atoms with E-state index in [0.29, 0.717) is 12.5 Å². The summed E-state index contributed by atoms with van der Waals surface area (Å²) < 4.78 is 13.2. The lowest BCUT2D eigenvalue weighted by Gasteiger charge is -2.31. The molecule has 1 fully saturated rings. The van der Waals surface area contributed by atoms with Crippen LogP contribution in [0.4, 0.5) is 4.39 Å². The van der Waals surface area contributed by atoms with Gasteiger partial charge in [0.05, 0.1) is 0 Å². The first kappa shape index (κ1) is 19.1. The standard InChI is InChI=1S/C24H32FN/c1-3-16-26(18-20-8-6-5-7-9-20)22(4-2)15-12-19-10-13-21(14-11-19)23-17-24(23)25/h5-11,13-14,22-24H,3-4,12,15-18H2,1-2H3. The van der Waals surface area contributed by atoms with Crippen LogP contribution in [-0.4, -0.2) is 23.7 Å². The Morgan fingerprint density at radius 3 is 2.27 bits per heavy atom. The number of aryl methyl sites for hydroxylation is 1. The average Bonchev–Trinajstić information content (AvgIpc) is 3.40. The Labute approximate surface area is 158 Å². The summed E-state index contributed by atoms with van der Waals surface area (Å²) in [4.78, 5) is 2.64. The zero-order chi connectivity index (χ0) is 18.4. The van der Waals surface area contributed by atoms with Crippen molar-refractivity contribution in [2.24, 2.45) is 0 Å². The normalized spacial score (nSPS) is 20.3. The van der Waals surface area contributed by atoms with Crippen LogP contribution >= 0.6 is 0 Å². The van der Waals surface area contributed by atoms with E-state index in [1.54, 1.807) is 0 Å². The van der Waals surface area contributed by atoms with Crippen molar-refractivity contribution in [1.82, 2.24) is 4.90 Å². The highest BCUT2D eigenvalue weighted by Gasteiger charge is 2.38. The van der Waals surface area contributed by atoms with Crippen molar-refractivity contribution >= 4 is 0 Å². The smallest absolute Gasteiger partial charge is 0.108 e. The third-order valence-corrected chi connectivity index (χ3v) is 5.61. The van der Waals surface area contributed by atoms with E-state index < -0.39 is 6.17 Å². The predicted molar refractivity (Wildman–Crippen MR) is 108 cm³/mol. The van der Waals surface area contributed by atoms with Gasteiger partial charge in [0, 0.05) is 18.5 Å². The van der Waals surface area contributed by atoms with Gasteiger partial charge in [0.2, 0.25) is 0 Å². The number of hydrogen-bond donors (Lipinski definition) is 0. The summed E-state index contributed by atoms with van der Waals surface area (Å²) in [5.41, 5.74) is 3.94. The quantitative estimate of drug-likeness (QED) is 0.496. The van der Waals surface area contributed by atoms with E-state index in [2.05, 4.69) is 73.3 Å². The van der Waals surface area contributed by atoms with E-state index >= 15 is 0 Å². The van der Waals surface area contributed by atoms with Gasteiger partial charge in [0.25, 0.3) is 0 Å². The van der Waals surface area contributed by atoms with E-state index in [0.717, 1.165) is 19.5 Å². The Balaban J connectivity index is 1.57. The molecule has 0 aliphatic heterocycles. The molecule has 0 amide bonds. The molecule has 3 unspecified atom stereocenters. The second kappa shape index (κ2) is 9.32. The van der Waals surface area contributed by atoms with Gasteiger partial charge < -0.3 is 0 Å². The molecule has 3 rings (SSSR count). The fraction of sp³-hybridized carbons (Fsp3) is 0.500. The third kappa shape index (κ3) is 5.17. The van der Waals surface area contributed by atoms with Crippen molar-refractivity contribution in [2.45, 2.75) is 70.6 Å². The van der Waals surface area contributed by atoms with Gasteiger partial charge in [0.1, 0.15) is 6.17 Å². The molecule has 1 saturated carbocycles. The van der Waals surface area contributed by atoms with Gasteiger partial charge in [-0.3, -0.25) is 4.90 Å². The summed E-state index contributed by atoms with van der Waals surface area (Å²) >= 11 is 0. The Morgan fingerprint density at radius 2 is 1.69 bits per heavy atom. The highest BCUT2D eigenvalue weighted by atomic mass is 19.1. The maximum atomic E-state index is 13.2. The molecular formula is C24H32FN. The molecule has 1 nitrogen and oxygen atoms in total. The lowest BCUT2D eigenvalue weighted by molar-refractivity contribution is 0.173. The first-order valence-electron chi connectivity index (χ1n) is 10.2. The van der Waals surface area contributed by atoms with Crippen LogP contribution in [0.5, 0.6) is 0 Å². The molecular weight excluding hydrogens is 321 g/mol. The van der Waals surface area contributed by atoms with E-state index in [1.165, 1.54) is 36.0 Å².